The molecule has 1 aromatic heterocycles. The van der Waals surface area contributed by atoms with E-state index in [1.807, 2.05) is 23.6 Å². The number of carbonyl (C=O) groups is 1. The van der Waals surface area contributed by atoms with Crippen molar-refractivity contribution in [2.45, 2.75) is 57.5 Å². The number of aromatic nitrogens is 3. The molecule has 6 nitrogen and oxygen atoms in total. The Labute approximate surface area is 223 Å². The second-order valence-electron chi connectivity index (χ2n) is 9.21. The fourth-order valence-corrected chi connectivity index (χ4v) is 4.82. The maximum absolute atomic E-state index is 13.0. The van der Waals surface area contributed by atoms with Gasteiger partial charge in [-0.15, -0.1) is 10.2 Å². The van der Waals surface area contributed by atoms with Crippen molar-refractivity contribution in [3.63, 3.8) is 0 Å². The molecule has 0 aliphatic carbocycles. The lowest BCUT2D eigenvalue weighted by Gasteiger charge is -2.17. The maximum Gasteiger partial charge on any atom is 0.251 e. The normalized spacial score (nSPS) is 11.8. The quantitative estimate of drug-likeness (QED) is 0.175. The number of rotatable bonds is 11. The van der Waals surface area contributed by atoms with Gasteiger partial charge in [0.1, 0.15) is 5.75 Å². The van der Waals surface area contributed by atoms with Crippen LogP contribution >= 0.6 is 11.8 Å². The van der Waals surface area contributed by atoms with E-state index in [-0.39, 0.29) is 11.9 Å². The molecule has 192 valence electrons. The third-order valence-corrected chi connectivity index (χ3v) is 7.02. The Morgan fingerprint density at radius 2 is 1.76 bits per heavy atom. The van der Waals surface area contributed by atoms with E-state index in [1.165, 1.54) is 16.7 Å². The van der Waals surface area contributed by atoms with Gasteiger partial charge in [0.05, 0.1) is 12.6 Å². The molecule has 7 heteroatoms. The monoisotopic (exact) mass is 514 g/mol. The summed E-state index contributed by atoms with van der Waals surface area (Å²) in [5.41, 5.74) is 5.18. The lowest BCUT2D eigenvalue weighted by Crippen LogP contribution is -2.28. The van der Waals surface area contributed by atoms with E-state index in [0.29, 0.717) is 18.0 Å². The summed E-state index contributed by atoms with van der Waals surface area (Å²) < 4.78 is 7.75. The highest BCUT2D eigenvalue weighted by Gasteiger charge is 2.22. The minimum atomic E-state index is -0.352. The average Bonchev–Trinajstić information content (AvgIpc) is 3.32. The number of hydrogen-bond acceptors (Lipinski definition) is 5. The highest BCUT2D eigenvalue weighted by atomic mass is 32.2. The molecule has 4 rings (SSSR count). The van der Waals surface area contributed by atoms with Gasteiger partial charge < -0.3 is 10.1 Å². The minimum Gasteiger partial charge on any atom is -0.494 e. The summed E-state index contributed by atoms with van der Waals surface area (Å²) in [4.78, 5) is 13.0. The smallest absolute Gasteiger partial charge is 0.251 e. The van der Waals surface area contributed by atoms with Crippen molar-refractivity contribution in [2.24, 2.45) is 0 Å². The van der Waals surface area contributed by atoms with Crippen molar-refractivity contribution in [1.29, 1.82) is 0 Å². The van der Waals surface area contributed by atoms with Crippen molar-refractivity contribution in [1.82, 2.24) is 20.1 Å². The SMILES string of the molecule is CCCCOc1ccc(C(=O)NC(C)c2nnc(SCc3cccc(C)c3)n2-c2ccc(C)cc2)cc1. The number of nitrogens with zero attached hydrogens (tertiary/aromatic N) is 3. The highest BCUT2D eigenvalue weighted by Crippen LogP contribution is 2.28. The number of thioether (sulfide) groups is 1. The number of nitrogens with one attached hydrogen (secondary N) is 1. The Morgan fingerprint density at radius 1 is 1.00 bits per heavy atom. The molecule has 1 atom stereocenters. The van der Waals surface area contributed by atoms with Gasteiger partial charge in [-0.25, -0.2) is 0 Å². The zero-order valence-electron chi connectivity index (χ0n) is 21.9. The number of hydrogen-bond donors (Lipinski definition) is 1. The van der Waals surface area contributed by atoms with Crippen LogP contribution in [0, 0.1) is 13.8 Å². The van der Waals surface area contributed by atoms with Gasteiger partial charge in [-0.3, -0.25) is 9.36 Å². The standard InChI is InChI=1S/C30H34N4O2S/c1-5-6-18-36-27-16-12-25(13-17-27)29(35)31-23(4)28-32-33-30(34(28)26-14-10-21(2)11-15-26)37-20-24-9-7-8-22(3)19-24/h7-17,19,23H,5-6,18,20H2,1-4H3,(H,31,35). The Bertz CT molecular complexity index is 1320. The number of benzene rings is 3. The largest absolute Gasteiger partial charge is 0.494 e. The first-order valence-electron chi connectivity index (χ1n) is 12.7. The van der Waals surface area contributed by atoms with E-state index in [0.717, 1.165) is 35.2 Å². The minimum absolute atomic E-state index is 0.167. The number of ether oxygens (including phenoxy) is 1. The second-order valence-corrected chi connectivity index (χ2v) is 10.2. The lowest BCUT2D eigenvalue weighted by molar-refractivity contribution is 0.0938. The highest BCUT2D eigenvalue weighted by molar-refractivity contribution is 7.98. The molecule has 1 unspecified atom stereocenters. The molecule has 4 aromatic rings. The van der Waals surface area contributed by atoms with E-state index in [9.17, 15) is 4.79 Å². The van der Waals surface area contributed by atoms with Gasteiger partial charge in [-0.2, -0.15) is 0 Å². The summed E-state index contributed by atoms with van der Waals surface area (Å²) in [5.74, 6) is 2.06. The van der Waals surface area contributed by atoms with E-state index in [2.05, 4.69) is 84.8 Å². The van der Waals surface area contributed by atoms with Crippen LogP contribution in [0.3, 0.4) is 0 Å². The fraction of sp³-hybridized carbons (Fsp3) is 0.300. The molecule has 3 aromatic carbocycles. The molecule has 0 bridgehead atoms. The Kier molecular flexibility index (Phi) is 9.01. The summed E-state index contributed by atoms with van der Waals surface area (Å²) in [5, 5.41) is 12.9. The molecule has 0 radical (unpaired) electrons. The molecule has 1 amide bonds. The number of carbonyl (C=O) groups excluding carboxylic acids is 1. The van der Waals surface area contributed by atoms with Crippen molar-refractivity contribution in [3.8, 4) is 11.4 Å². The maximum atomic E-state index is 13.0. The van der Waals surface area contributed by atoms with Crippen molar-refractivity contribution in [2.75, 3.05) is 6.61 Å². The van der Waals surface area contributed by atoms with Crippen LogP contribution in [0.5, 0.6) is 5.75 Å². The van der Waals surface area contributed by atoms with Gasteiger partial charge in [0.15, 0.2) is 11.0 Å². The summed E-state index contributed by atoms with van der Waals surface area (Å²) in [7, 11) is 0. The first-order valence-corrected chi connectivity index (χ1v) is 13.7. The van der Waals surface area contributed by atoms with Crippen LogP contribution in [-0.4, -0.2) is 27.3 Å². The van der Waals surface area contributed by atoms with E-state index >= 15 is 0 Å². The predicted molar refractivity (Wildman–Crippen MR) is 150 cm³/mol. The summed E-state index contributed by atoms with van der Waals surface area (Å²) >= 11 is 1.63. The van der Waals surface area contributed by atoms with Crippen LogP contribution in [-0.2, 0) is 5.75 Å². The Balaban J connectivity index is 1.52. The van der Waals surface area contributed by atoms with Crippen molar-refractivity contribution >= 4 is 17.7 Å². The number of amides is 1. The van der Waals surface area contributed by atoms with Crippen LogP contribution < -0.4 is 10.1 Å². The molecule has 0 saturated heterocycles. The molecule has 1 N–H and O–H groups in total. The third kappa shape index (κ3) is 7.01. The predicted octanol–water partition coefficient (Wildman–Crippen LogP) is 6.85. The molecular weight excluding hydrogens is 480 g/mol. The molecule has 0 fully saturated rings. The van der Waals surface area contributed by atoms with E-state index in [1.54, 1.807) is 23.9 Å². The third-order valence-electron chi connectivity index (χ3n) is 6.02. The average molecular weight is 515 g/mol. The second kappa shape index (κ2) is 12.6. The first kappa shape index (κ1) is 26.5. The molecule has 0 spiro atoms. The van der Waals surface area contributed by atoms with Crippen LogP contribution in [0.2, 0.25) is 0 Å². The van der Waals surface area contributed by atoms with Gasteiger partial charge in [0.2, 0.25) is 0 Å². The number of unbranched alkanes of at least 4 members (excludes halogenated alkanes) is 1. The summed E-state index contributed by atoms with van der Waals surface area (Å²) in [6.07, 6.45) is 2.09. The van der Waals surface area contributed by atoms with Gasteiger partial charge in [0.25, 0.3) is 5.91 Å². The van der Waals surface area contributed by atoms with Crippen molar-refractivity contribution < 1.29 is 9.53 Å². The molecule has 1 heterocycles. The first-order chi connectivity index (χ1) is 17.9. The summed E-state index contributed by atoms with van der Waals surface area (Å²) in [6, 6.07) is 23.6. The Hall–Kier alpha value is -3.58. The fourth-order valence-electron chi connectivity index (χ4n) is 3.92. The van der Waals surface area contributed by atoms with E-state index < -0.39 is 0 Å². The van der Waals surface area contributed by atoms with Gasteiger partial charge in [-0.1, -0.05) is 72.6 Å². The van der Waals surface area contributed by atoms with E-state index in [4.69, 9.17) is 4.74 Å². The van der Waals surface area contributed by atoms with Crippen LogP contribution in [0.4, 0.5) is 0 Å². The van der Waals surface area contributed by atoms with Crippen molar-refractivity contribution in [3.05, 3.63) is 101 Å². The zero-order chi connectivity index (χ0) is 26.2. The zero-order valence-corrected chi connectivity index (χ0v) is 22.7. The molecule has 37 heavy (non-hydrogen) atoms. The lowest BCUT2D eigenvalue weighted by atomic mass is 10.2. The van der Waals surface area contributed by atoms with Crippen LogP contribution in [0.1, 0.15) is 65.6 Å². The molecule has 0 aliphatic rings. The van der Waals surface area contributed by atoms with Gasteiger partial charge >= 0.3 is 0 Å². The Morgan fingerprint density at radius 3 is 2.46 bits per heavy atom. The topological polar surface area (TPSA) is 69.0 Å². The number of aryl methyl sites for hydroxylation is 2. The molecule has 0 saturated carbocycles. The van der Waals surface area contributed by atoms with Gasteiger partial charge in [0, 0.05) is 17.0 Å². The summed E-state index contributed by atoms with van der Waals surface area (Å²) in [6.45, 7) is 8.90. The molecule has 0 aliphatic heterocycles. The van der Waals surface area contributed by atoms with Crippen LogP contribution in [0.25, 0.3) is 5.69 Å². The van der Waals surface area contributed by atoms with Gasteiger partial charge in [-0.05, 0) is 69.2 Å². The molecular formula is C30H34N4O2S. The van der Waals surface area contributed by atoms with Crippen LogP contribution in [0.15, 0.2) is 78.0 Å².